The van der Waals surface area contributed by atoms with E-state index in [-0.39, 0.29) is 18.1 Å². The number of likely N-dealkylation sites (N-methyl/N-ethyl adjacent to an activating group) is 1. The minimum absolute atomic E-state index is 0.192. The van der Waals surface area contributed by atoms with Crippen molar-refractivity contribution in [2.75, 3.05) is 7.05 Å². The lowest BCUT2D eigenvalue weighted by atomic mass is 10.0. The standard InChI is InChI=1S/C17H19FN2O/c1-20(12-13-7-3-2-4-8-13)17(21)16(19)11-14-9-5-6-10-15(14)18/h2-10,16H,11-12,19H2,1H3/t16-/m0/s1. The first kappa shape index (κ1) is 15.2. The van der Waals surface area contributed by atoms with E-state index in [1.165, 1.54) is 6.07 Å². The zero-order valence-electron chi connectivity index (χ0n) is 12.0. The Morgan fingerprint density at radius 2 is 1.76 bits per heavy atom. The summed E-state index contributed by atoms with van der Waals surface area (Å²) in [7, 11) is 1.70. The van der Waals surface area contributed by atoms with Crippen molar-refractivity contribution in [1.82, 2.24) is 4.90 Å². The highest BCUT2D eigenvalue weighted by atomic mass is 19.1. The van der Waals surface area contributed by atoms with Crippen molar-refractivity contribution in [2.24, 2.45) is 5.73 Å². The van der Waals surface area contributed by atoms with Gasteiger partial charge in [0.25, 0.3) is 0 Å². The van der Waals surface area contributed by atoms with Gasteiger partial charge in [0.15, 0.2) is 0 Å². The summed E-state index contributed by atoms with van der Waals surface area (Å²) in [6.45, 7) is 0.491. The molecule has 2 N–H and O–H groups in total. The molecule has 4 heteroatoms. The maximum atomic E-state index is 13.6. The van der Waals surface area contributed by atoms with Crippen LogP contribution in [0.25, 0.3) is 0 Å². The number of nitrogens with zero attached hydrogens (tertiary/aromatic N) is 1. The van der Waals surface area contributed by atoms with E-state index in [4.69, 9.17) is 5.73 Å². The Hall–Kier alpha value is -2.20. The van der Waals surface area contributed by atoms with Gasteiger partial charge in [-0.15, -0.1) is 0 Å². The molecule has 0 aliphatic carbocycles. The zero-order chi connectivity index (χ0) is 15.2. The fourth-order valence-electron chi connectivity index (χ4n) is 2.21. The summed E-state index contributed by atoms with van der Waals surface area (Å²) < 4.78 is 13.6. The van der Waals surface area contributed by atoms with Gasteiger partial charge >= 0.3 is 0 Å². The number of hydrogen-bond donors (Lipinski definition) is 1. The third-order valence-electron chi connectivity index (χ3n) is 3.35. The first-order chi connectivity index (χ1) is 10.1. The van der Waals surface area contributed by atoms with E-state index in [0.717, 1.165) is 5.56 Å². The SMILES string of the molecule is CN(Cc1ccccc1)C(=O)[C@@H](N)Cc1ccccc1F. The highest BCUT2D eigenvalue weighted by molar-refractivity contribution is 5.81. The lowest BCUT2D eigenvalue weighted by Gasteiger charge is -2.21. The third kappa shape index (κ3) is 4.13. The van der Waals surface area contributed by atoms with Crippen molar-refractivity contribution in [1.29, 1.82) is 0 Å². The van der Waals surface area contributed by atoms with Gasteiger partial charge in [-0.25, -0.2) is 4.39 Å². The summed E-state index contributed by atoms with van der Waals surface area (Å²) in [5, 5.41) is 0. The van der Waals surface area contributed by atoms with Crippen LogP contribution in [0.4, 0.5) is 4.39 Å². The topological polar surface area (TPSA) is 46.3 Å². The van der Waals surface area contributed by atoms with Crippen molar-refractivity contribution >= 4 is 5.91 Å². The lowest BCUT2D eigenvalue weighted by molar-refractivity contribution is -0.131. The molecule has 0 aliphatic rings. The van der Waals surface area contributed by atoms with Crippen molar-refractivity contribution in [3.63, 3.8) is 0 Å². The number of nitrogens with two attached hydrogens (primary N) is 1. The fraction of sp³-hybridized carbons (Fsp3) is 0.235. The monoisotopic (exact) mass is 286 g/mol. The Morgan fingerprint density at radius 1 is 1.14 bits per heavy atom. The largest absolute Gasteiger partial charge is 0.340 e. The molecule has 0 unspecified atom stereocenters. The predicted molar refractivity (Wildman–Crippen MR) is 81.0 cm³/mol. The summed E-state index contributed by atoms with van der Waals surface area (Å²) in [5.41, 5.74) is 7.41. The molecule has 0 heterocycles. The van der Waals surface area contributed by atoms with Crippen LogP contribution >= 0.6 is 0 Å². The molecule has 0 radical (unpaired) electrons. The van der Waals surface area contributed by atoms with Crippen LogP contribution in [0.2, 0.25) is 0 Å². The second kappa shape index (κ2) is 6.99. The van der Waals surface area contributed by atoms with Crippen LogP contribution in [0.3, 0.4) is 0 Å². The number of amides is 1. The number of halogens is 1. The van der Waals surface area contributed by atoms with Crippen LogP contribution in [-0.4, -0.2) is 23.9 Å². The van der Waals surface area contributed by atoms with Crippen LogP contribution in [0.15, 0.2) is 54.6 Å². The highest BCUT2D eigenvalue weighted by Gasteiger charge is 2.19. The molecule has 0 saturated carbocycles. The van der Waals surface area contributed by atoms with Crippen LogP contribution in [-0.2, 0) is 17.8 Å². The van der Waals surface area contributed by atoms with Crippen molar-refractivity contribution < 1.29 is 9.18 Å². The van der Waals surface area contributed by atoms with E-state index in [9.17, 15) is 9.18 Å². The third-order valence-corrected chi connectivity index (χ3v) is 3.35. The number of rotatable bonds is 5. The van der Waals surface area contributed by atoms with Crippen molar-refractivity contribution in [3.05, 3.63) is 71.5 Å². The van der Waals surface area contributed by atoms with E-state index in [2.05, 4.69) is 0 Å². The first-order valence-electron chi connectivity index (χ1n) is 6.86. The van der Waals surface area contributed by atoms with Gasteiger partial charge in [0.05, 0.1) is 6.04 Å². The summed E-state index contributed by atoms with van der Waals surface area (Å²) in [5.74, 6) is -0.520. The molecule has 1 amide bonds. The van der Waals surface area contributed by atoms with Gasteiger partial charge in [0, 0.05) is 13.6 Å². The molecule has 21 heavy (non-hydrogen) atoms. The molecular weight excluding hydrogens is 267 g/mol. The fourth-order valence-corrected chi connectivity index (χ4v) is 2.21. The number of carbonyl (C=O) groups is 1. The van der Waals surface area contributed by atoms with Crippen molar-refractivity contribution in [3.8, 4) is 0 Å². The zero-order valence-corrected chi connectivity index (χ0v) is 12.0. The Morgan fingerprint density at radius 3 is 2.43 bits per heavy atom. The maximum absolute atomic E-state index is 13.6. The number of carbonyl (C=O) groups excluding carboxylic acids is 1. The molecule has 0 aliphatic heterocycles. The molecule has 110 valence electrons. The van der Waals surface area contributed by atoms with Crippen LogP contribution in [0.5, 0.6) is 0 Å². The molecule has 2 rings (SSSR count). The Balaban J connectivity index is 1.97. The number of benzene rings is 2. The molecule has 0 fully saturated rings. The average Bonchev–Trinajstić information content (AvgIpc) is 2.49. The molecule has 1 atom stereocenters. The molecule has 0 aromatic heterocycles. The molecule has 2 aromatic rings. The average molecular weight is 286 g/mol. The minimum atomic E-state index is -0.740. The summed E-state index contributed by atoms with van der Waals surface area (Å²) in [6.07, 6.45) is 0.199. The van der Waals surface area contributed by atoms with Gasteiger partial charge in [-0.05, 0) is 23.6 Å². The van der Waals surface area contributed by atoms with Gasteiger partial charge in [-0.2, -0.15) is 0 Å². The van der Waals surface area contributed by atoms with Crippen molar-refractivity contribution in [2.45, 2.75) is 19.0 Å². The van der Waals surface area contributed by atoms with E-state index in [0.29, 0.717) is 12.1 Å². The highest BCUT2D eigenvalue weighted by Crippen LogP contribution is 2.10. The normalized spacial score (nSPS) is 12.0. The second-order valence-electron chi connectivity index (χ2n) is 5.08. The van der Waals surface area contributed by atoms with Crippen LogP contribution in [0, 0.1) is 5.82 Å². The predicted octanol–water partition coefficient (Wildman–Crippen LogP) is 2.35. The quantitative estimate of drug-likeness (QED) is 0.917. The van der Waals surface area contributed by atoms with E-state index in [1.807, 2.05) is 30.3 Å². The molecule has 0 spiro atoms. The Labute approximate surface area is 124 Å². The van der Waals surface area contributed by atoms with Crippen LogP contribution < -0.4 is 5.73 Å². The summed E-state index contributed by atoms with van der Waals surface area (Å²) >= 11 is 0. The second-order valence-corrected chi connectivity index (χ2v) is 5.08. The molecular formula is C17H19FN2O. The van der Waals surface area contributed by atoms with E-state index < -0.39 is 6.04 Å². The van der Waals surface area contributed by atoms with E-state index in [1.54, 1.807) is 30.1 Å². The molecule has 2 aromatic carbocycles. The van der Waals surface area contributed by atoms with Gasteiger partial charge < -0.3 is 10.6 Å². The molecule has 0 bridgehead atoms. The smallest absolute Gasteiger partial charge is 0.239 e. The van der Waals surface area contributed by atoms with Crippen LogP contribution in [0.1, 0.15) is 11.1 Å². The maximum Gasteiger partial charge on any atom is 0.239 e. The van der Waals surface area contributed by atoms with E-state index >= 15 is 0 Å². The van der Waals surface area contributed by atoms with Gasteiger partial charge in [0.1, 0.15) is 5.82 Å². The molecule has 0 saturated heterocycles. The lowest BCUT2D eigenvalue weighted by Crippen LogP contribution is -2.42. The first-order valence-corrected chi connectivity index (χ1v) is 6.86. The summed E-state index contributed by atoms with van der Waals surface area (Å²) in [4.78, 5) is 13.8. The van der Waals surface area contributed by atoms with Gasteiger partial charge in [0.2, 0.25) is 5.91 Å². The van der Waals surface area contributed by atoms with Gasteiger partial charge in [-0.1, -0.05) is 48.5 Å². The Bertz CT molecular complexity index is 601. The molecule has 3 nitrogen and oxygen atoms in total. The Kier molecular flexibility index (Phi) is 5.06. The minimum Gasteiger partial charge on any atom is -0.340 e. The van der Waals surface area contributed by atoms with Gasteiger partial charge in [-0.3, -0.25) is 4.79 Å². The summed E-state index contributed by atoms with van der Waals surface area (Å²) in [6, 6.07) is 15.3. The number of hydrogen-bond acceptors (Lipinski definition) is 2.